The summed E-state index contributed by atoms with van der Waals surface area (Å²) in [5, 5.41) is 6.82. The molecule has 1 aliphatic carbocycles. The Kier molecular flexibility index (Phi) is 8.49. The lowest BCUT2D eigenvalue weighted by molar-refractivity contribution is 0.462. The van der Waals surface area contributed by atoms with Gasteiger partial charge in [0.05, 0.1) is 11.3 Å². The lowest BCUT2D eigenvalue weighted by Gasteiger charge is -2.24. The molecule has 1 saturated carbocycles. The molecule has 5 heteroatoms. The average Bonchev–Trinajstić information content (AvgIpc) is 2.70. The molecule has 0 saturated heterocycles. The van der Waals surface area contributed by atoms with Crippen LogP contribution in [0, 0.1) is 0 Å². The zero-order chi connectivity index (χ0) is 19.5. The number of allylic oxidation sites excluding steroid dienone is 4. The minimum atomic E-state index is 0.441. The summed E-state index contributed by atoms with van der Waals surface area (Å²) in [4.78, 5) is 13.8. The van der Waals surface area contributed by atoms with Crippen LogP contribution in [0.3, 0.4) is 0 Å². The van der Waals surface area contributed by atoms with Crippen LogP contribution in [0.1, 0.15) is 57.9 Å². The fraction of sp³-hybridized carbons (Fsp3) is 0.409. The largest absolute Gasteiger partial charge is 0.367 e. The fourth-order valence-corrected chi connectivity index (χ4v) is 3.09. The first-order chi connectivity index (χ1) is 13.2. The van der Waals surface area contributed by atoms with E-state index in [9.17, 15) is 0 Å². The lowest BCUT2D eigenvalue weighted by Crippen LogP contribution is -2.24. The highest BCUT2D eigenvalue weighted by atomic mass is 15.2. The van der Waals surface area contributed by atoms with Gasteiger partial charge < -0.3 is 10.6 Å². The molecule has 5 nitrogen and oxygen atoms in total. The van der Waals surface area contributed by atoms with Gasteiger partial charge in [-0.15, -0.1) is 0 Å². The van der Waals surface area contributed by atoms with Crippen molar-refractivity contribution < 1.29 is 0 Å². The van der Waals surface area contributed by atoms with Gasteiger partial charge in [0, 0.05) is 24.2 Å². The monoisotopic (exact) mass is 365 g/mol. The molecule has 0 radical (unpaired) electrons. The summed E-state index contributed by atoms with van der Waals surface area (Å²) >= 11 is 0. The van der Waals surface area contributed by atoms with Crippen molar-refractivity contribution in [2.45, 2.75) is 58.4 Å². The molecule has 1 aromatic rings. The minimum absolute atomic E-state index is 0.441. The van der Waals surface area contributed by atoms with Gasteiger partial charge in [-0.3, -0.25) is 4.99 Å². The molecule has 0 bridgehead atoms. The predicted molar refractivity (Wildman–Crippen MR) is 117 cm³/mol. The van der Waals surface area contributed by atoms with Gasteiger partial charge in [-0.2, -0.15) is 4.98 Å². The highest BCUT2D eigenvalue weighted by molar-refractivity contribution is 5.79. The van der Waals surface area contributed by atoms with E-state index in [0.29, 0.717) is 12.0 Å². The Morgan fingerprint density at radius 1 is 1.30 bits per heavy atom. The molecule has 1 fully saturated rings. The van der Waals surface area contributed by atoms with Gasteiger partial charge in [-0.05, 0) is 38.3 Å². The number of aromatic nitrogens is 2. The maximum atomic E-state index is 4.74. The molecule has 1 aliphatic rings. The third kappa shape index (κ3) is 6.20. The molecular weight excluding hydrogens is 334 g/mol. The van der Waals surface area contributed by atoms with Crippen LogP contribution in [0.2, 0.25) is 0 Å². The second kappa shape index (κ2) is 11.1. The van der Waals surface area contributed by atoms with E-state index in [1.807, 2.05) is 31.5 Å². The first kappa shape index (κ1) is 20.6. The summed E-state index contributed by atoms with van der Waals surface area (Å²) in [5.41, 5.74) is 2.61. The fourth-order valence-electron chi connectivity index (χ4n) is 3.09. The predicted octanol–water partition coefficient (Wildman–Crippen LogP) is 5.73. The van der Waals surface area contributed by atoms with E-state index in [2.05, 4.69) is 40.7 Å². The van der Waals surface area contributed by atoms with Gasteiger partial charge in [0.25, 0.3) is 0 Å². The second-order valence-corrected chi connectivity index (χ2v) is 6.52. The molecule has 0 unspecified atom stereocenters. The summed E-state index contributed by atoms with van der Waals surface area (Å²) in [6.07, 6.45) is 18.1. The Balaban J connectivity index is 2.36. The first-order valence-electron chi connectivity index (χ1n) is 9.76. The van der Waals surface area contributed by atoms with Crippen LogP contribution in [-0.4, -0.2) is 22.2 Å². The standard InChI is InChI=1S/C22H31N5/c1-5-12-17(7-3)26-22-24-16-19(20(8-4)23-15-6-2)21(27-22)25-18-13-10-9-11-14-18/h5,7-8,12,15-16,18H,1,3,6,9-11,13-14H2,2,4H3,(H2,24,25,26,27)/b17-12+,20-8-,23-15?. The Morgan fingerprint density at radius 3 is 2.70 bits per heavy atom. The van der Waals surface area contributed by atoms with Crippen LogP contribution >= 0.6 is 0 Å². The number of rotatable bonds is 9. The number of anilines is 2. The molecule has 27 heavy (non-hydrogen) atoms. The summed E-state index contributed by atoms with van der Waals surface area (Å²) in [7, 11) is 0. The first-order valence-corrected chi connectivity index (χ1v) is 9.76. The topological polar surface area (TPSA) is 62.2 Å². The van der Waals surface area contributed by atoms with Crippen LogP contribution in [-0.2, 0) is 0 Å². The number of hydrogen-bond acceptors (Lipinski definition) is 5. The van der Waals surface area contributed by atoms with E-state index in [0.717, 1.165) is 29.2 Å². The van der Waals surface area contributed by atoms with Crippen molar-refractivity contribution in [2.75, 3.05) is 10.6 Å². The molecule has 0 spiro atoms. The molecule has 0 aromatic carbocycles. The van der Waals surface area contributed by atoms with Gasteiger partial charge >= 0.3 is 0 Å². The van der Waals surface area contributed by atoms with Crippen molar-refractivity contribution >= 4 is 23.7 Å². The lowest BCUT2D eigenvalue weighted by atomic mass is 9.95. The third-order valence-corrected chi connectivity index (χ3v) is 4.47. The number of aliphatic imine (C=N–C) groups is 1. The minimum Gasteiger partial charge on any atom is -0.367 e. The Labute approximate surface area is 163 Å². The van der Waals surface area contributed by atoms with Crippen LogP contribution in [0.4, 0.5) is 11.8 Å². The third-order valence-electron chi connectivity index (χ3n) is 4.47. The zero-order valence-electron chi connectivity index (χ0n) is 16.5. The van der Waals surface area contributed by atoms with E-state index in [-0.39, 0.29) is 0 Å². The molecule has 1 heterocycles. The highest BCUT2D eigenvalue weighted by Crippen LogP contribution is 2.28. The van der Waals surface area contributed by atoms with Crippen molar-refractivity contribution in [3.8, 4) is 0 Å². The smallest absolute Gasteiger partial charge is 0.229 e. The van der Waals surface area contributed by atoms with E-state index in [1.165, 1.54) is 32.1 Å². The Morgan fingerprint density at radius 2 is 2.07 bits per heavy atom. The molecule has 2 N–H and O–H groups in total. The molecule has 1 aromatic heterocycles. The van der Waals surface area contributed by atoms with Gasteiger partial charge in [-0.1, -0.05) is 51.5 Å². The zero-order valence-corrected chi connectivity index (χ0v) is 16.5. The molecule has 2 rings (SSSR count). The molecule has 144 valence electrons. The molecule has 0 amide bonds. The van der Waals surface area contributed by atoms with Gasteiger partial charge in [-0.25, -0.2) is 4.98 Å². The van der Waals surface area contributed by atoms with Crippen molar-refractivity contribution in [3.05, 3.63) is 54.9 Å². The number of hydrogen-bond donors (Lipinski definition) is 2. The van der Waals surface area contributed by atoms with Crippen molar-refractivity contribution in [2.24, 2.45) is 4.99 Å². The van der Waals surface area contributed by atoms with Crippen LogP contribution in [0.15, 0.2) is 54.3 Å². The van der Waals surface area contributed by atoms with E-state index in [4.69, 9.17) is 4.98 Å². The summed E-state index contributed by atoms with van der Waals surface area (Å²) in [6.45, 7) is 11.6. The summed E-state index contributed by atoms with van der Waals surface area (Å²) in [5.74, 6) is 1.35. The van der Waals surface area contributed by atoms with Crippen molar-refractivity contribution in [1.29, 1.82) is 0 Å². The number of nitrogens with one attached hydrogen (secondary N) is 2. The second-order valence-electron chi connectivity index (χ2n) is 6.52. The maximum absolute atomic E-state index is 4.74. The van der Waals surface area contributed by atoms with Gasteiger partial charge in [0.15, 0.2) is 0 Å². The van der Waals surface area contributed by atoms with Crippen LogP contribution in [0.5, 0.6) is 0 Å². The normalized spacial score (nSPS) is 16.4. The van der Waals surface area contributed by atoms with Gasteiger partial charge in [0.2, 0.25) is 5.95 Å². The van der Waals surface area contributed by atoms with Crippen LogP contribution < -0.4 is 10.6 Å². The molecular formula is C22H31N5. The SMILES string of the molecule is C=C/C=C(\C=C)Nc1ncc(/C(=C/C)N=CCC)c(NC2CCCCC2)n1. The Bertz CT molecular complexity index is 724. The Hall–Kier alpha value is -2.69. The quantitative estimate of drug-likeness (QED) is 0.433. The van der Waals surface area contributed by atoms with E-state index >= 15 is 0 Å². The summed E-state index contributed by atoms with van der Waals surface area (Å²) < 4.78 is 0. The maximum Gasteiger partial charge on any atom is 0.229 e. The van der Waals surface area contributed by atoms with E-state index in [1.54, 1.807) is 12.2 Å². The number of nitrogens with zero attached hydrogens (tertiary/aromatic N) is 3. The van der Waals surface area contributed by atoms with Crippen molar-refractivity contribution in [3.63, 3.8) is 0 Å². The van der Waals surface area contributed by atoms with Crippen LogP contribution in [0.25, 0.3) is 5.70 Å². The van der Waals surface area contributed by atoms with E-state index < -0.39 is 0 Å². The highest BCUT2D eigenvalue weighted by Gasteiger charge is 2.17. The molecule has 0 atom stereocenters. The van der Waals surface area contributed by atoms with Gasteiger partial charge in [0.1, 0.15) is 5.82 Å². The molecule has 0 aliphatic heterocycles. The average molecular weight is 366 g/mol. The summed E-state index contributed by atoms with van der Waals surface area (Å²) in [6, 6.07) is 0.441. The van der Waals surface area contributed by atoms with Crippen molar-refractivity contribution in [1.82, 2.24) is 9.97 Å².